The fourth-order valence-corrected chi connectivity index (χ4v) is 2.64. The zero-order valence-corrected chi connectivity index (χ0v) is 13.6. The summed E-state index contributed by atoms with van der Waals surface area (Å²) in [5.74, 6) is 0. The molecular formula is C7H8N4NaO6S2+. The van der Waals surface area contributed by atoms with Crippen molar-refractivity contribution in [3.8, 4) is 5.69 Å². The Balaban J connectivity index is 0.00000200. The third kappa shape index (κ3) is 3.60. The second-order valence-electron chi connectivity index (χ2n) is 3.38. The Morgan fingerprint density at radius 1 is 1.15 bits per heavy atom. The first-order valence-corrected chi connectivity index (χ1v) is 7.45. The molecule has 3 N–H and O–H groups in total. The molecule has 2 aromatic rings. The van der Waals surface area contributed by atoms with Gasteiger partial charge < -0.3 is 1.43 Å². The second-order valence-corrected chi connectivity index (χ2v) is 6.19. The second kappa shape index (κ2) is 5.85. The Morgan fingerprint density at radius 3 is 2.25 bits per heavy atom. The number of hydrogen-bond donors (Lipinski definition) is 3. The summed E-state index contributed by atoms with van der Waals surface area (Å²) in [7, 11) is -9.31. The van der Waals surface area contributed by atoms with Crippen molar-refractivity contribution >= 4 is 20.2 Å². The maximum Gasteiger partial charge on any atom is 1.00 e. The molecule has 0 aliphatic rings. The third-order valence-electron chi connectivity index (χ3n) is 2.14. The van der Waals surface area contributed by atoms with E-state index in [9.17, 15) is 16.8 Å². The van der Waals surface area contributed by atoms with Gasteiger partial charge in [-0.25, -0.2) is 0 Å². The Labute approximate surface area is 137 Å². The Bertz CT molecular complexity index is 823. The average Bonchev–Trinajstić information content (AvgIpc) is 2.79. The Kier molecular flexibility index (Phi) is 5.02. The van der Waals surface area contributed by atoms with E-state index >= 15 is 0 Å². The molecule has 0 saturated carbocycles. The number of hydrogen-bond acceptors (Lipinski definition) is 6. The van der Waals surface area contributed by atoms with Crippen molar-refractivity contribution in [1.29, 1.82) is 0 Å². The van der Waals surface area contributed by atoms with Crippen LogP contribution in [0.3, 0.4) is 0 Å². The number of nitrogens with one attached hydrogen (secondary N) is 1. The summed E-state index contributed by atoms with van der Waals surface area (Å²) in [6.45, 7) is 0. The van der Waals surface area contributed by atoms with Crippen LogP contribution in [-0.4, -0.2) is 41.5 Å². The van der Waals surface area contributed by atoms with Crippen LogP contribution in [0.4, 0.5) is 0 Å². The molecule has 1 aromatic heterocycles. The number of rotatable bonds is 3. The summed E-state index contributed by atoms with van der Waals surface area (Å²) in [6.07, 6.45) is 1.11. The minimum Gasteiger partial charge on any atom is -1.00 e. The van der Waals surface area contributed by atoms with Crippen LogP contribution < -0.4 is 34.2 Å². The molecule has 104 valence electrons. The van der Waals surface area contributed by atoms with Gasteiger partial charge in [0.2, 0.25) is 0 Å². The van der Waals surface area contributed by atoms with E-state index in [0.717, 1.165) is 23.1 Å². The fourth-order valence-electron chi connectivity index (χ4n) is 1.35. The van der Waals surface area contributed by atoms with E-state index in [2.05, 4.69) is 15.5 Å². The molecule has 0 saturated heterocycles. The number of aromatic amines is 1. The molecule has 0 amide bonds. The maximum atomic E-state index is 11.2. The van der Waals surface area contributed by atoms with Crippen LogP contribution in [-0.2, 0) is 20.2 Å². The van der Waals surface area contributed by atoms with Crippen molar-refractivity contribution in [1.82, 2.24) is 15.5 Å². The summed E-state index contributed by atoms with van der Waals surface area (Å²) in [4.78, 5) is -1.39. The van der Waals surface area contributed by atoms with E-state index in [1.165, 1.54) is 0 Å². The number of benzene rings is 1. The smallest absolute Gasteiger partial charge is 1.00 e. The van der Waals surface area contributed by atoms with E-state index in [4.69, 9.17) is 9.11 Å². The van der Waals surface area contributed by atoms with Gasteiger partial charge in [0.25, 0.3) is 26.6 Å². The molecule has 20 heavy (non-hydrogen) atoms. The molecular weight excluding hydrogens is 323 g/mol. The predicted octanol–water partition coefficient (Wildman–Crippen LogP) is -4.31. The van der Waals surface area contributed by atoms with Crippen molar-refractivity contribution in [2.75, 3.05) is 0 Å². The summed E-state index contributed by atoms with van der Waals surface area (Å²) >= 11 is 0. The van der Waals surface area contributed by atoms with Crippen molar-refractivity contribution in [3.63, 3.8) is 0 Å². The van der Waals surface area contributed by atoms with Gasteiger partial charge in [0.1, 0.15) is 15.7 Å². The van der Waals surface area contributed by atoms with E-state index in [0.29, 0.717) is 6.07 Å². The van der Waals surface area contributed by atoms with Gasteiger partial charge in [0.15, 0.2) is 5.21 Å². The largest absolute Gasteiger partial charge is 1.00 e. The molecule has 2 rings (SSSR count). The van der Waals surface area contributed by atoms with Crippen LogP contribution >= 0.6 is 0 Å². The van der Waals surface area contributed by atoms with Gasteiger partial charge in [0, 0.05) is 0 Å². The SMILES string of the molecule is O=S(=O)(O)c1ccc(-[n+]2cnn[nH]2)c(S(=O)(=O)O)c1.[H-].[Na+]. The van der Waals surface area contributed by atoms with Crippen LogP contribution in [0.25, 0.3) is 5.69 Å². The molecule has 0 aliphatic carbocycles. The van der Waals surface area contributed by atoms with E-state index < -0.39 is 30.0 Å². The molecule has 0 aliphatic heterocycles. The number of tetrazole rings is 1. The predicted molar refractivity (Wildman–Crippen MR) is 58.7 cm³/mol. The summed E-state index contributed by atoms with van der Waals surface area (Å²) in [5.41, 5.74) is -0.111. The minimum absolute atomic E-state index is 0. The zero-order valence-electron chi connectivity index (χ0n) is 11.0. The standard InChI is InChI=1S/C7H6N4O6S2.Na.H/c12-18(13,14)5-1-2-6(11-4-8-9-10-11)7(3-5)19(15,16)17;;/h1-4H,(H2,12,13,14,15,16,17);;/q;+1;-1/p+1. The van der Waals surface area contributed by atoms with Gasteiger partial charge in [-0.15, -0.1) is 4.68 Å². The quantitative estimate of drug-likeness (QED) is 0.290. The van der Waals surface area contributed by atoms with Crippen molar-refractivity contribution < 1.29 is 61.6 Å². The third-order valence-corrected chi connectivity index (χ3v) is 3.88. The van der Waals surface area contributed by atoms with E-state index in [1.54, 1.807) is 0 Å². The maximum absolute atomic E-state index is 11.2. The van der Waals surface area contributed by atoms with Crippen LogP contribution in [0.15, 0.2) is 34.3 Å². The van der Waals surface area contributed by atoms with Crippen LogP contribution in [0.2, 0.25) is 0 Å². The molecule has 13 heteroatoms. The van der Waals surface area contributed by atoms with Gasteiger partial charge in [-0.3, -0.25) is 9.11 Å². The molecule has 0 fully saturated rings. The molecule has 1 heterocycles. The molecule has 0 unspecified atom stereocenters. The molecule has 0 atom stereocenters. The van der Waals surface area contributed by atoms with Crippen molar-refractivity contribution in [2.24, 2.45) is 0 Å². The van der Waals surface area contributed by atoms with Crippen molar-refractivity contribution in [3.05, 3.63) is 24.5 Å². The molecule has 0 bridgehead atoms. The normalized spacial score (nSPS) is 11.9. The van der Waals surface area contributed by atoms with Crippen LogP contribution in [0.5, 0.6) is 0 Å². The Hall–Kier alpha value is -0.890. The van der Waals surface area contributed by atoms with Gasteiger partial charge in [-0.05, 0) is 18.2 Å². The topological polar surface area (TPSA) is 154 Å². The van der Waals surface area contributed by atoms with E-state index in [1.807, 2.05) is 0 Å². The first-order valence-electron chi connectivity index (χ1n) is 4.57. The summed E-state index contributed by atoms with van der Waals surface area (Å²) < 4.78 is 63.4. The zero-order chi connectivity index (χ0) is 14.3. The van der Waals surface area contributed by atoms with E-state index in [-0.39, 0.29) is 36.7 Å². The van der Waals surface area contributed by atoms with Crippen LogP contribution in [0.1, 0.15) is 1.43 Å². The van der Waals surface area contributed by atoms with Gasteiger partial charge in [-0.1, -0.05) is 5.21 Å². The molecule has 10 nitrogen and oxygen atoms in total. The number of nitrogens with zero attached hydrogens (tertiary/aromatic N) is 3. The first kappa shape index (κ1) is 17.2. The molecule has 0 radical (unpaired) electrons. The van der Waals surface area contributed by atoms with Gasteiger partial charge in [-0.2, -0.15) is 16.8 Å². The fraction of sp³-hybridized carbons (Fsp3) is 0. The summed E-state index contributed by atoms with van der Waals surface area (Å²) in [5, 5.41) is 9.04. The van der Waals surface area contributed by atoms with Gasteiger partial charge >= 0.3 is 29.6 Å². The summed E-state index contributed by atoms with van der Waals surface area (Å²) in [6, 6.07) is 2.65. The van der Waals surface area contributed by atoms with Crippen LogP contribution in [0, 0.1) is 0 Å². The first-order chi connectivity index (χ1) is 8.69. The van der Waals surface area contributed by atoms with Gasteiger partial charge in [0.05, 0.1) is 4.90 Å². The monoisotopic (exact) mass is 331 g/mol. The number of aromatic nitrogens is 4. The minimum atomic E-state index is -4.71. The number of H-pyrrole nitrogens is 1. The van der Waals surface area contributed by atoms with Crippen molar-refractivity contribution in [2.45, 2.75) is 9.79 Å². The molecule has 0 spiro atoms. The Morgan fingerprint density at radius 2 is 1.80 bits per heavy atom. The molecule has 1 aromatic carbocycles. The average molecular weight is 331 g/mol.